The van der Waals surface area contributed by atoms with E-state index in [1.807, 2.05) is 0 Å². The van der Waals surface area contributed by atoms with E-state index in [1.54, 1.807) is 55.9 Å². The number of hydrogen-bond donors (Lipinski definition) is 3. The highest BCUT2D eigenvalue weighted by Crippen LogP contribution is 2.29. The molecular weight excluding hydrogens is 344 g/mol. The smallest absolute Gasteiger partial charge is 0.405 e. The molecule has 0 bridgehead atoms. The van der Waals surface area contributed by atoms with Gasteiger partial charge in [-0.3, -0.25) is 14.8 Å². The lowest BCUT2D eigenvalue weighted by Crippen LogP contribution is -2.27. The third-order valence-electron chi connectivity index (χ3n) is 4.00. The molecule has 2 rings (SSSR count). The Morgan fingerprint density at radius 2 is 2.07 bits per heavy atom. The highest BCUT2D eigenvalue weighted by molar-refractivity contribution is 5.97. The average Bonchev–Trinajstić information content (AvgIpc) is 2.67. The molecule has 2 heterocycles. The van der Waals surface area contributed by atoms with Crippen LogP contribution in [0.15, 0.2) is 62.1 Å². The van der Waals surface area contributed by atoms with E-state index in [1.165, 1.54) is 0 Å². The normalized spacial score (nSPS) is 12.5. The zero-order valence-electron chi connectivity index (χ0n) is 15.1. The Morgan fingerprint density at radius 3 is 2.74 bits per heavy atom. The number of rotatable bonds is 8. The Labute approximate surface area is 157 Å². The number of aromatic nitrogens is 2. The van der Waals surface area contributed by atoms with Gasteiger partial charge in [-0.05, 0) is 30.2 Å². The highest BCUT2D eigenvalue weighted by Gasteiger charge is 2.17. The number of hydrogen-bond acceptors (Lipinski definition) is 4. The van der Waals surface area contributed by atoms with Crippen molar-refractivity contribution in [3.05, 3.63) is 67.8 Å². The molecule has 0 saturated carbocycles. The van der Waals surface area contributed by atoms with Crippen LogP contribution in [0, 0.1) is 5.92 Å². The van der Waals surface area contributed by atoms with Crippen LogP contribution in [0.3, 0.4) is 0 Å². The SMILES string of the molecule is C=CC[C@H](NC(=O)O)c1cc(-c2ccncc2NC(=O)[C@H](C)C=C)ccn1. The average molecular weight is 366 g/mol. The second kappa shape index (κ2) is 9.28. The van der Waals surface area contributed by atoms with Crippen molar-refractivity contribution in [2.75, 3.05) is 5.32 Å². The van der Waals surface area contributed by atoms with Gasteiger partial charge in [0, 0.05) is 18.0 Å². The van der Waals surface area contributed by atoms with Crippen molar-refractivity contribution in [1.82, 2.24) is 15.3 Å². The summed E-state index contributed by atoms with van der Waals surface area (Å²) >= 11 is 0. The Morgan fingerprint density at radius 1 is 1.30 bits per heavy atom. The minimum Gasteiger partial charge on any atom is -0.465 e. The third-order valence-corrected chi connectivity index (χ3v) is 4.00. The molecule has 0 radical (unpaired) electrons. The minimum atomic E-state index is -1.13. The highest BCUT2D eigenvalue weighted by atomic mass is 16.4. The first-order chi connectivity index (χ1) is 13.0. The van der Waals surface area contributed by atoms with Gasteiger partial charge >= 0.3 is 6.09 Å². The van der Waals surface area contributed by atoms with E-state index in [-0.39, 0.29) is 11.8 Å². The summed E-state index contributed by atoms with van der Waals surface area (Å²) in [5.74, 6) is -0.534. The molecule has 0 saturated heterocycles. The van der Waals surface area contributed by atoms with E-state index in [9.17, 15) is 9.59 Å². The Kier molecular flexibility index (Phi) is 6.82. The van der Waals surface area contributed by atoms with Gasteiger partial charge < -0.3 is 15.7 Å². The molecule has 0 aromatic carbocycles. The molecule has 0 unspecified atom stereocenters. The van der Waals surface area contributed by atoms with Crippen LogP contribution < -0.4 is 10.6 Å². The van der Waals surface area contributed by atoms with Crippen LogP contribution in [-0.4, -0.2) is 27.1 Å². The molecule has 7 nitrogen and oxygen atoms in total. The number of carboxylic acid groups (broad SMARTS) is 1. The molecule has 2 amide bonds. The van der Waals surface area contributed by atoms with E-state index in [0.717, 1.165) is 11.1 Å². The number of nitrogens with one attached hydrogen (secondary N) is 2. The predicted octanol–water partition coefficient (Wildman–Crippen LogP) is 3.79. The maximum absolute atomic E-state index is 12.2. The van der Waals surface area contributed by atoms with Gasteiger partial charge in [0.25, 0.3) is 0 Å². The van der Waals surface area contributed by atoms with Crippen molar-refractivity contribution in [2.45, 2.75) is 19.4 Å². The summed E-state index contributed by atoms with van der Waals surface area (Å²) < 4.78 is 0. The molecule has 0 fully saturated rings. The molecule has 3 N–H and O–H groups in total. The van der Waals surface area contributed by atoms with Crippen molar-refractivity contribution < 1.29 is 14.7 Å². The number of carbonyl (C=O) groups excluding carboxylic acids is 1. The minimum absolute atomic E-state index is 0.189. The van der Waals surface area contributed by atoms with Gasteiger partial charge in [-0.1, -0.05) is 19.1 Å². The number of pyridine rings is 2. The summed E-state index contributed by atoms with van der Waals surface area (Å²) in [5.41, 5.74) is 2.65. The van der Waals surface area contributed by atoms with E-state index in [0.29, 0.717) is 17.8 Å². The second-order valence-corrected chi connectivity index (χ2v) is 5.93. The van der Waals surface area contributed by atoms with Crippen molar-refractivity contribution in [1.29, 1.82) is 0 Å². The van der Waals surface area contributed by atoms with Gasteiger partial charge in [0.15, 0.2) is 0 Å². The molecule has 2 aromatic heterocycles. The molecular formula is C20H22N4O3. The van der Waals surface area contributed by atoms with Crippen LogP contribution in [0.5, 0.6) is 0 Å². The van der Waals surface area contributed by atoms with E-state index in [2.05, 4.69) is 33.8 Å². The van der Waals surface area contributed by atoms with Crippen LogP contribution in [0.25, 0.3) is 11.1 Å². The number of amides is 2. The lowest BCUT2D eigenvalue weighted by Gasteiger charge is -2.17. The fourth-order valence-corrected chi connectivity index (χ4v) is 2.48. The van der Waals surface area contributed by atoms with Crippen LogP contribution in [-0.2, 0) is 4.79 Å². The number of anilines is 1. The van der Waals surface area contributed by atoms with Gasteiger partial charge in [0.1, 0.15) is 0 Å². The Bertz CT molecular complexity index is 851. The van der Waals surface area contributed by atoms with Gasteiger partial charge in [0.2, 0.25) is 5.91 Å². The summed E-state index contributed by atoms with van der Waals surface area (Å²) in [6.45, 7) is 9.04. The lowest BCUT2D eigenvalue weighted by atomic mass is 10.0. The topological polar surface area (TPSA) is 104 Å². The molecule has 0 spiro atoms. The third kappa shape index (κ3) is 5.24. The van der Waals surface area contributed by atoms with E-state index < -0.39 is 12.1 Å². The van der Waals surface area contributed by atoms with Crippen molar-refractivity contribution >= 4 is 17.7 Å². The lowest BCUT2D eigenvalue weighted by molar-refractivity contribution is -0.118. The first kappa shape index (κ1) is 19.8. The quantitative estimate of drug-likeness (QED) is 0.617. The summed E-state index contributed by atoms with van der Waals surface area (Å²) in [5, 5.41) is 14.3. The summed E-state index contributed by atoms with van der Waals surface area (Å²) in [4.78, 5) is 31.6. The standard InChI is InChI=1S/C20H22N4O3/c1-4-6-16(24-20(26)27)17-11-14(7-10-22-17)15-8-9-21-12-18(15)23-19(25)13(3)5-2/h4-5,7-13,16,24H,1-2,6H2,3H3,(H,23,25)(H,26,27)/t13-,16+/m1/s1. The molecule has 0 aliphatic rings. The van der Waals surface area contributed by atoms with Crippen LogP contribution in [0.4, 0.5) is 10.5 Å². The van der Waals surface area contributed by atoms with Crippen molar-refractivity contribution in [3.63, 3.8) is 0 Å². The second-order valence-electron chi connectivity index (χ2n) is 5.93. The molecule has 140 valence electrons. The summed E-state index contributed by atoms with van der Waals surface area (Å²) in [6, 6.07) is 4.84. The molecule has 2 atom stereocenters. The molecule has 0 aliphatic carbocycles. The number of nitrogens with zero attached hydrogens (tertiary/aromatic N) is 2. The predicted molar refractivity (Wildman–Crippen MR) is 104 cm³/mol. The maximum atomic E-state index is 12.2. The van der Waals surface area contributed by atoms with E-state index >= 15 is 0 Å². The Balaban J connectivity index is 2.39. The molecule has 27 heavy (non-hydrogen) atoms. The van der Waals surface area contributed by atoms with Gasteiger partial charge in [-0.25, -0.2) is 4.79 Å². The summed E-state index contributed by atoms with van der Waals surface area (Å²) in [7, 11) is 0. The largest absolute Gasteiger partial charge is 0.465 e. The first-order valence-electron chi connectivity index (χ1n) is 8.40. The van der Waals surface area contributed by atoms with Crippen molar-refractivity contribution in [3.8, 4) is 11.1 Å². The van der Waals surface area contributed by atoms with Crippen molar-refractivity contribution in [2.24, 2.45) is 5.92 Å². The number of carbonyl (C=O) groups is 2. The fourth-order valence-electron chi connectivity index (χ4n) is 2.48. The monoisotopic (exact) mass is 366 g/mol. The van der Waals surface area contributed by atoms with Gasteiger partial charge in [-0.15, -0.1) is 13.2 Å². The molecule has 7 heteroatoms. The molecule has 2 aromatic rings. The van der Waals surface area contributed by atoms with Gasteiger partial charge in [0.05, 0.1) is 29.5 Å². The van der Waals surface area contributed by atoms with Crippen LogP contribution >= 0.6 is 0 Å². The summed E-state index contributed by atoms with van der Waals surface area (Å²) in [6.07, 6.45) is 7.25. The van der Waals surface area contributed by atoms with E-state index in [4.69, 9.17) is 5.11 Å². The Hall–Kier alpha value is -3.48. The van der Waals surface area contributed by atoms with Crippen LogP contribution in [0.2, 0.25) is 0 Å². The zero-order chi connectivity index (χ0) is 19.8. The maximum Gasteiger partial charge on any atom is 0.405 e. The zero-order valence-corrected chi connectivity index (χ0v) is 15.1. The van der Waals surface area contributed by atoms with Crippen LogP contribution in [0.1, 0.15) is 25.1 Å². The first-order valence-corrected chi connectivity index (χ1v) is 8.40. The van der Waals surface area contributed by atoms with Gasteiger partial charge in [-0.2, -0.15) is 0 Å². The molecule has 0 aliphatic heterocycles. The fraction of sp³-hybridized carbons (Fsp3) is 0.200.